The number of methoxy groups -OCH3 is 2. The van der Waals surface area contributed by atoms with Gasteiger partial charge in [0.2, 0.25) is 0 Å². The highest BCUT2D eigenvalue weighted by molar-refractivity contribution is 5.82. The molecule has 4 heterocycles. The number of amides is 1. The molecule has 1 fully saturated rings. The van der Waals surface area contributed by atoms with Crippen molar-refractivity contribution in [3.8, 4) is 28.7 Å². The van der Waals surface area contributed by atoms with E-state index in [0.717, 1.165) is 16.7 Å². The number of piperidine rings is 1. The lowest BCUT2D eigenvalue weighted by Crippen LogP contribution is -2.61. The average molecular weight is 709 g/mol. The molecule has 2 N–H and O–H groups in total. The molecule has 4 aliphatic rings. The fraction of sp³-hybridized carbons (Fsp3) is 0.590. The fourth-order valence-corrected chi connectivity index (χ4v) is 8.08. The summed E-state index contributed by atoms with van der Waals surface area (Å²) in [6, 6.07) is 6.39. The van der Waals surface area contributed by atoms with Crippen molar-refractivity contribution in [1.29, 1.82) is 0 Å². The Hall–Kier alpha value is -4.16. The molecule has 2 aromatic carbocycles. The second-order valence-electron chi connectivity index (χ2n) is 15.6. The van der Waals surface area contributed by atoms with E-state index in [1.165, 1.54) is 5.06 Å². The third-order valence-electron chi connectivity index (χ3n) is 10.9. The first-order valence-electron chi connectivity index (χ1n) is 17.8. The topological polar surface area (TPSA) is 134 Å². The molecule has 0 spiro atoms. The van der Waals surface area contributed by atoms with Crippen molar-refractivity contribution in [2.24, 2.45) is 5.92 Å². The molecule has 0 aliphatic carbocycles. The highest BCUT2D eigenvalue weighted by atomic mass is 16.6. The molecule has 51 heavy (non-hydrogen) atoms. The minimum absolute atomic E-state index is 0.195. The maximum atomic E-state index is 14.4. The van der Waals surface area contributed by atoms with Gasteiger partial charge in [-0.3, -0.25) is 0 Å². The van der Waals surface area contributed by atoms with Gasteiger partial charge in [0.15, 0.2) is 11.5 Å². The molecule has 6 atom stereocenters. The number of carbonyl (C=O) groups is 2. The lowest BCUT2D eigenvalue weighted by molar-refractivity contribution is -0.256. The third kappa shape index (κ3) is 6.80. The zero-order valence-electron chi connectivity index (χ0n) is 31.2. The quantitative estimate of drug-likeness (QED) is 0.214. The Kier molecular flexibility index (Phi) is 9.88. The van der Waals surface area contributed by atoms with Gasteiger partial charge >= 0.3 is 12.1 Å². The summed E-state index contributed by atoms with van der Waals surface area (Å²) in [6.45, 7) is 17.7. The number of nitrogens with zero attached hydrogens (tertiary/aromatic N) is 1. The van der Waals surface area contributed by atoms with E-state index in [1.807, 2.05) is 66.7 Å². The van der Waals surface area contributed by atoms with Gasteiger partial charge in [-0.1, -0.05) is 26.8 Å². The summed E-state index contributed by atoms with van der Waals surface area (Å²) in [5.74, 6) is 1.57. The Morgan fingerprint density at radius 2 is 1.69 bits per heavy atom. The Morgan fingerprint density at radius 3 is 2.31 bits per heavy atom. The van der Waals surface area contributed by atoms with Crippen LogP contribution in [0, 0.1) is 5.92 Å². The van der Waals surface area contributed by atoms with E-state index < -0.39 is 53.4 Å². The average Bonchev–Trinajstić information content (AvgIpc) is 3.53. The monoisotopic (exact) mass is 708 g/mol. The number of rotatable bonds is 9. The summed E-state index contributed by atoms with van der Waals surface area (Å²) in [5, 5.41) is 14.9. The lowest BCUT2D eigenvalue weighted by atomic mass is 9.79. The van der Waals surface area contributed by atoms with Gasteiger partial charge in [-0.2, -0.15) is 5.06 Å². The number of hydrogen-bond acceptors (Lipinski definition) is 11. The van der Waals surface area contributed by atoms with Crippen molar-refractivity contribution in [2.45, 2.75) is 122 Å². The minimum atomic E-state index is -0.999. The van der Waals surface area contributed by atoms with Crippen LogP contribution in [0.3, 0.4) is 0 Å². The van der Waals surface area contributed by atoms with Crippen LogP contribution < -0.4 is 29.0 Å². The van der Waals surface area contributed by atoms with Crippen LogP contribution in [-0.4, -0.2) is 78.6 Å². The molecule has 12 heteroatoms. The molecule has 6 rings (SSSR count). The summed E-state index contributed by atoms with van der Waals surface area (Å²) in [6.07, 6.45) is -0.665. The van der Waals surface area contributed by atoms with E-state index >= 15 is 0 Å². The van der Waals surface area contributed by atoms with Gasteiger partial charge < -0.3 is 43.7 Å². The molecule has 0 bridgehead atoms. The smallest absolute Gasteiger partial charge is 0.408 e. The number of benzene rings is 2. The van der Waals surface area contributed by atoms with Gasteiger partial charge in [0, 0.05) is 53.1 Å². The van der Waals surface area contributed by atoms with E-state index in [4.69, 9.17) is 33.2 Å². The third-order valence-corrected chi connectivity index (χ3v) is 10.9. The fourth-order valence-electron chi connectivity index (χ4n) is 8.08. The standard InChI is InChI=1S/C39H52N2O10/c1-11-21(4)33(40-37(43)48-22-17-38(5,6)41(44)39(7,8)18-22)36(42)51-35-23-12-13-26-25(15-27(49-26)20(2)3)34(23)50-31-19-47-28-16-30(46-10)29(45-9)14-24(28)32(31)35/h12-14,16,21-22,27,31-33,35,44H,2,11,15,17-19H2,1,3-10H3,(H,40,43)/t21?,27-,31-,32+,33+,35-/m1/s1. The Morgan fingerprint density at radius 1 is 1.02 bits per heavy atom. The second-order valence-corrected chi connectivity index (χ2v) is 15.6. The second kappa shape index (κ2) is 13.8. The number of hydroxylamine groups is 2. The van der Waals surface area contributed by atoms with Gasteiger partial charge in [-0.15, -0.1) is 0 Å². The molecule has 1 unspecified atom stereocenters. The summed E-state index contributed by atoms with van der Waals surface area (Å²) in [5.41, 5.74) is 2.00. The number of ether oxygens (including phenoxy) is 7. The van der Waals surface area contributed by atoms with Gasteiger partial charge in [-0.25, -0.2) is 9.59 Å². The molecule has 0 saturated carbocycles. The SMILES string of the molecule is C=C(C)[C@H]1Cc2c(ccc3c2O[C@@H]2COc4cc(OC)c(OC)cc4[C@@H]2[C@@H]3OC(=O)[C@@H](NC(=O)OC2CC(C)(C)N(O)C(C)(C)C2)C(C)CC)O1. The van der Waals surface area contributed by atoms with Crippen LogP contribution >= 0.6 is 0 Å². The molecule has 12 nitrogen and oxygen atoms in total. The van der Waals surface area contributed by atoms with Crippen LogP contribution in [-0.2, 0) is 20.7 Å². The highest BCUT2D eigenvalue weighted by Crippen LogP contribution is 2.55. The van der Waals surface area contributed by atoms with Gasteiger partial charge in [0.25, 0.3) is 0 Å². The van der Waals surface area contributed by atoms with Gasteiger partial charge in [0.05, 0.1) is 20.1 Å². The highest BCUT2D eigenvalue weighted by Gasteiger charge is 2.50. The van der Waals surface area contributed by atoms with Crippen LogP contribution in [0.4, 0.5) is 4.79 Å². The number of nitrogens with one attached hydrogen (secondary N) is 1. The van der Waals surface area contributed by atoms with Crippen molar-refractivity contribution in [2.75, 3.05) is 20.8 Å². The minimum Gasteiger partial charge on any atom is -0.493 e. The van der Waals surface area contributed by atoms with Crippen molar-refractivity contribution >= 4 is 12.1 Å². The first-order chi connectivity index (χ1) is 24.1. The van der Waals surface area contributed by atoms with E-state index in [-0.39, 0.29) is 18.6 Å². The molecule has 4 aliphatic heterocycles. The van der Waals surface area contributed by atoms with Crippen LogP contribution in [0.5, 0.6) is 28.7 Å². The molecule has 278 valence electrons. The van der Waals surface area contributed by atoms with Crippen LogP contribution in [0.25, 0.3) is 0 Å². The molecular formula is C39H52N2O10. The lowest BCUT2D eigenvalue weighted by Gasteiger charge is -2.50. The van der Waals surface area contributed by atoms with Crippen LogP contribution in [0.15, 0.2) is 36.4 Å². The zero-order valence-corrected chi connectivity index (χ0v) is 31.2. The number of fused-ring (bicyclic) bond motifs is 6. The maximum absolute atomic E-state index is 14.4. The van der Waals surface area contributed by atoms with Crippen molar-refractivity contribution < 1.29 is 48.0 Å². The largest absolute Gasteiger partial charge is 0.493 e. The molecule has 1 saturated heterocycles. The van der Waals surface area contributed by atoms with E-state index in [2.05, 4.69) is 11.9 Å². The van der Waals surface area contributed by atoms with Crippen molar-refractivity contribution in [1.82, 2.24) is 10.4 Å². The van der Waals surface area contributed by atoms with Crippen LogP contribution in [0.1, 0.15) is 96.4 Å². The van der Waals surface area contributed by atoms with E-state index in [0.29, 0.717) is 60.0 Å². The predicted octanol–water partition coefficient (Wildman–Crippen LogP) is 6.66. The molecule has 2 aromatic rings. The van der Waals surface area contributed by atoms with Crippen molar-refractivity contribution in [3.05, 3.63) is 53.1 Å². The number of alkyl carbamates (subject to hydrolysis) is 1. The predicted molar refractivity (Wildman–Crippen MR) is 188 cm³/mol. The normalized spacial score (nSPS) is 25.5. The zero-order chi connectivity index (χ0) is 37.0. The van der Waals surface area contributed by atoms with Gasteiger partial charge in [0.1, 0.15) is 54.3 Å². The Bertz CT molecular complexity index is 1670. The van der Waals surface area contributed by atoms with Crippen LogP contribution in [0.2, 0.25) is 0 Å². The summed E-state index contributed by atoms with van der Waals surface area (Å²) in [4.78, 5) is 27.9. The molecular weight excluding hydrogens is 656 g/mol. The number of hydrogen-bond donors (Lipinski definition) is 2. The maximum Gasteiger partial charge on any atom is 0.408 e. The number of esters is 1. The summed E-state index contributed by atoms with van der Waals surface area (Å²) >= 11 is 0. The molecule has 0 radical (unpaired) electrons. The Labute approximate surface area is 300 Å². The van der Waals surface area contributed by atoms with E-state index in [1.54, 1.807) is 20.3 Å². The molecule has 1 amide bonds. The molecule has 0 aromatic heterocycles. The summed E-state index contributed by atoms with van der Waals surface area (Å²) in [7, 11) is 3.12. The number of carbonyl (C=O) groups excluding carboxylic acids is 2. The Balaban J connectivity index is 1.33. The van der Waals surface area contributed by atoms with E-state index in [9.17, 15) is 14.8 Å². The first kappa shape index (κ1) is 36.6. The van der Waals surface area contributed by atoms with Crippen molar-refractivity contribution in [3.63, 3.8) is 0 Å². The first-order valence-corrected chi connectivity index (χ1v) is 17.8. The van der Waals surface area contributed by atoms with Gasteiger partial charge in [-0.05, 0) is 64.3 Å². The summed E-state index contributed by atoms with van der Waals surface area (Å²) < 4.78 is 42.8.